The summed E-state index contributed by atoms with van der Waals surface area (Å²) in [5.74, 6) is -0.0853. The Morgan fingerprint density at radius 2 is 1.70 bits per heavy atom. The van der Waals surface area contributed by atoms with Crippen molar-refractivity contribution in [3.63, 3.8) is 0 Å². The van der Waals surface area contributed by atoms with Gasteiger partial charge in [0, 0.05) is 25.1 Å². The molecule has 1 amide bonds. The maximum atomic E-state index is 12.2. The highest BCUT2D eigenvalue weighted by molar-refractivity contribution is 5.93. The Bertz CT molecular complexity index is 417. The van der Waals surface area contributed by atoms with Crippen molar-refractivity contribution in [1.29, 1.82) is 0 Å². The Morgan fingerprint density at radius 3 is 2.30 bits per heavy atom. The molecule has 0 radical (unpaired) electrons. The summed E-state index contributed by atoms with van der Waals surface area (Å²) in [7, 11) is 0. The van der Waals surface area contributed by atoms with E-state index in [0.717, 1.165) is 5.69 Å². The zero-order chi connectivity index (χ0) is 14.8. The number of carbonyl (C=O) groups is 2. The molecule has 110 valence electrons. The molecule has 0 aliphatic rings. The van der Waals surface area contributed by atoms with Gasteiger partial charge in [-0.15, -0.1) is 0 Å². The van der Waals surface area contributed by atoms with Crippen molar-refractivity contribution in [1.82, 2.24) is 0 Å². The highest BCUT2D eigenvalue weighted by Gasteiger charge is 2.13. The van der Waals surface area contributed by atoms with Crippen molar-refractivity contribution in [3.05, 3.63) is 30.3 Å². The number of para-hydroxylation sites is 1. The summed E-state index contributed by atoms with van der Waals surface area (Å²) >= 11 is 0. The second-order valence-corrected chi connectivity index (χ2v) is 4.49. The molecule has 0 spiro atoms. The van der Waals surface area contributed by atoms with Crippen LogP contribution in [0.5, 0.6) is 0 Å². The third-order valence-corrected chi connectivity index (χ3v) is 3.01. The Kier molecular flexibility index (Phi) is 7.40. The molecule has 0 saturated heterocycles. The summed E-state index contributed by atoms with van der Waals surface area (Å²) in [4.78, 5) is 25.1. The van der Waals surface area contributed by atoms with Gasteiger partial charge in [-0.05, 0) is 38.8 Å². The summed E-state index contributed by atoms with van der Waals surface area (Å²) in [6.07, 6.45) is 2.25. The summed E-state index contributed by atoms with van der Waals surface area (Å²) in [6, 6.07) is 9.64. The van der Waals surface area contributed by atoms with Crippen molar-refractivity contribution < 1.29 is 14.3 Å². The predicted octanol–water partition coefficient (Wildman–Crippen LogP) is 3.16. The lowest BCUT2D eigenvalue weighted by Gasteiger charge is -2.20. The summed E-state index contributed by atoms with van der Waals surface area (Å²) in [5.41, 5.74) is 0.922. The summed E-state index contributed by atoms with van der Waals surface area (Å²) < 4.78 is 4.85. The summed E-state index contributed by atoms with van der Waals surface area (Å²) in [6.45, 7) is 4.82. The van der Waals surface area contributed by atoms with Crippen LogP contribution in [0.3, 0.4) is 0 Å². The van der Waals surface area contributed by atoms with Crippen molar-refractivity contribution >= 4 is 17.6 Å². The van der Waals surface area contributed by atoms with Crippen molar-refractivity contribution in [2.75, 3.05) is 18.1 Å². The molecule has 0 atom stereocenters. The van der Waals surface area contributed by atoms with Crippen LogP contribution in [0.2, 0.25) is 0 Å². The van der Waals surface area contributed by atoms with Gasteiger partial charge in [-0.1, -0.05) is 18.2 Å². The maximum Gasteiger partial charge on any atom is 0.305 e. The summed E-state index contributed by atoms with van der Waals surface area (Å²) in [5, 5.41) is 0. The van der Waals surface area contributed by atoms with Crippen LogP contribution < -0.4 is 4.90 Å². The lowest BCUT2D eigenvalue weighted by atomic mass is 10.1. The van der Waals surface area contributed by atoms with Gasteiger partial charge in [0.15, 0.2) is 0 Å². The Balaban J connectivity index is 2.36. The molecule has 0 bridgehead atoms. The van der Waals surface area contributed by atoms with Crippen LogP contribution in [0.15, 0.2) is 30.3 Å². The third kappa shape index (κ3) is 5.43. The van der Waals surface area contributed by atoms with E-state index in [1.807, 2.05) is 37.3 Å². The monoisotopic (exact) mass is 277 g/mol. The van der Waals surface area contributed by atoms with Crippen molar-refractivity contribution in [2.24, 2.45) is 0 Å². The molecule has 0 saturated carbocycles. The standard InChI is InChI=1S/C16H23NO3/c1-3-17(14-10-6-5-7-11-14)15(18)12-8-9-13-16(19)20-4-2/h5-7,10-11H,3-4,8-9,12-13H2,1-2H3. The first-order valence-electron chi connectivity index (χ1n) is 7.20. The van der Waals surface area contributed by atoms with Gasteiger partial charge in [0.2, 0.25) is 5.91 Å². The van der Waals surface area contributed by atoms with Crippen molar-refractivity contribution in [3.8, 4) is 0 Å². The smallest absolute Gasteiger partial charge is 0.305 e. The molecule has 1 rings (SSSR count). The topological polar surface area (TPSA) is 46.6 Å². The number of hydrogen-bond acceptors (Lipinski definition) is 3. The molecular weight excluding hydrogens is 254 g/mol. The number of amides is 1. The molecule has 0 aromatic heterocycles. The SMILES string of the molecule is CCOC(=O)CCCCC(=O)N(CC)c1ccccc1. The van der Waals surface area contributed by atoms with E-state index in [-0.39, 0.29) is 11.9 Å². The van der Waals surface area contributed by atoms with Gasteiger partial charge in [0.05, 0.1) is 6.61 Å². The molecular formula is C16H23NO3. The van der Waals surface area contributed by atoms with Crippen LogP contribution in [0.1, 0.15) is 39.5 Å². The van der Waals surface area contributed by atoms with E-state index >= 15 is 0 Å². The number of carbonyl (C=O) groups excluding carboxylic acids is 2. The average Bonchev–Trinajstić information content (AvgIpc) is 2.46. The Morgan fingerprint density at radius 1 is 1.05 bits per heavy atom. The highest BCUT2D eigenvalue weighted by Crippen LogP contribution is 2.15. The van der Waals surface area contributed by atoms with E-state index in [9.17, 15) is 9.59 Å². The molecule has 1 aromatic carbocycles. The van der Waals surface area contributed by atoms with E-state index in [1.54, 1.807) is 11.8 Å². The van der Waals surface area contributed by atoms with Gasteiger partial charge in [0.25, 0.3) is 0 Å². The third-order valence-electron chi connectivity index (χ3n) is 3.01. The van der Waals surface area contributed by atoms with Crippen LogP contribution in [0, 0.1) is 0 Å². The molecule has 0 aliphatic heterocycles. The molecule has 0 aliphatic carbocycles. The largest absolute Gasteiger partial charge is 0.466 e. The first kappa shape index (κ1) is 16.2. The fourth-order valence-corrected chi connectivity index (χ4v) is 2.02. The molecule has 0 unspecified atom stereocenters. The number of rotatable bonds is 8. The molecule has 4 heteroatoms. The molecule has 0 N–H and O–H groups in total. The fraction of sp³-hybridized carbons (Fsp3) is 0.500. The second kappa shape index (κ2) is 9.13. The second-order valence-electron chi connectivity index (χ2n) is 4.49. The minimum Gasteiger partial charge on any atom is -0.466 e. The lowest BCUT2D eigenvalue weighted by Crippen LogP contribution is -2.30. The van der Waals surface area contributed by atoms with Gasteiger partial charge >= 0.3 is 5.97 Å². The number of ether oxygens (including phenoxy) is 1. The van der Waals surface area contributed by atoms with E-state index in [0.29, 0.717) is 38.8 Å². The van der Waals surface area contributed by atoms with Crippen LogP contribution >= 0.6 is 0 Å². The van der Waals surface area contributed by atoms with Gasteiger partial charge < -0.3 is 9.64 Å². The zero-order valence-electron chi connectivity index (χ0n) is 12.3. The number of unbranched alkanes of at least 4 members (excludes halogenated alkanes) is 1. The fourth-order valence-electron chi connectivity index (χ4n) is 2.02. The van der Waals surface area contributed by atoms with Gasteiger partial charge in [-0.3, -0.25) is 9.59 Å². The van der Waals surface area contributed by atoms with Crippen LogP contribution in [-0.4, -0.2) is 25.0 Å². The molecule has 4 nitrogen and oxygen atoms in total. The first-order chi connectivity index (χ1) is 9.69. The number of benzene rings is 1. The predicted molar refractivity (Wildman–Crippen MR) is 79.6 cm³/mol. The molecule has 20 heavy (non-hydrogen) atoms. The average molecular weight is 277 g/mol. The molecule has 0 fully saturated rings. The lowest BCUT2D eigenvalue weighted by molar-refractivity contribution is -0.143. The van der Waals surface area contributed by atoms with E-state index < -0.39 is 0 Å². The highest BCUT2D eigenvalue weighted by atomic mass is 16.5. The Hall–Kier alpha value is -1.84. The van der Waals surface area contributed by atoms with Crippen LogP contribution in [0.4, 0.5) is 5.69 Å². The minimum atomic E-state index is -0.185. The molecule has 0 heterocycles. The number of hydrogen-bond donors (Lipinski definition) is 0. The van der Waals surface area contributed by atoms with E-state index in [4.69, 9.17) is 4.74 Å². The zero-order valence-corrected chi connectivity index (χ0v) is 12.3. The maximum absolute atomic E-state index is 12.2. The van der Waals surface area contributed by atoms with Crippen LogP contribution in [-0.2, 0) is 14.3 Å². The Labute approximate surface area is 120 Å². The number of anilines is 1. The van der Waals surface area contributed by atoms with E-state index in [1.165, 1.54) is 0 Å². The van der Waals surface area contributed by atoms with Gasteiger partial charge in [-0.25, -0.2) is 0 Å². The van der Waals surface area contributed by atoms with Crippen LogP contribution in [0.25, 0.3) is 0 Å². The quantitative estimate of drug-likeness (QED) is 0.541. The van der Waals surface area contributed by atoms with Gasteiger partial charge in [0.1, 0.15) is 0 Å². The van der Waals surface area contributed by atoms with Gasteiger partial charge in [-0.2, -0.15) is 0 Å². The number of esters is 1. The first-order valence-corrected chi connectivity index (χ1v) is 7.20. The normalized spacial score (nSPS) is 10.1. The molecule has 1 aromatic rings. The van der Waals surface area contributed by atoms with Crippen molar-refractivity contribution in [2.45, 2.75) is 39.5 Å². The number of nitrogens with zero attached hydrogens (tertiary/aromatic N) is 1. The minimum absolute atomic E-state index is 0.0996. The van der Waals surface area contributed by atoms with E-state index in [2.05, 4.69) is 0 Å².